The fraction of sp³-hybridized carbons (Fsp3) is 0.367. The number of aliphatic hydroxyl groups excluding tert-OH is 1. The maximum atomic E-state index is 13.2. The number of hydrogen-bond acceptors (Lipinski definition) is 5. The molecule has 0 heterocycles. The largest absolute Gasteiger partial charge is 0.463 e. The summed E-state index contributed by atoms with van der Waals surface area (Å²) in [4.78, 5) is 38.1. The van der Waals surface area contributed by atoms with Gasteiger partial charge in [0.05, 0.1) is 24.6 Å². The highest BCUT2D eigenvalue weighted by atomic mass is 16.5. The van der Waals surface area contributed by atoms with Gasteiger partial charge in [0.1, 0.15) is 6.61 Å². The van der Waals surface area contributed by atoms with E-state index in [1.54, 1.807) is 12.2 Å². The number of ether oxygens (including phenoxy) is 1. The van der Waals surface area contributed by atoms with Crippen molar-refractivity contribution in [3.63, 3.8) is 0 Å². The Labute approximate surface area is 219 Å². The molecule has 0 aliphatic rings. The first-order valence-corrected chi connectivity index (χ1v) is 12.6. The molecule has 0 radical (unpaired) electrons. The summed E-state index contributed by atoms with van der Waals surface area (Å²) in [6, 6.07) is 17.8. The molecule has 2 rings (SSSR count). The van der Waals surface area contributed by atoms with Gasteiger partial charge in [-0.2, -0.15) is 0 Å². The van der Waals surface area contributed by atoms with Crippen molar-refractivity contribution in [2.75, 3.05) is 13.2 Å². The molecule has 0 fully saturated rings. The summed E-state index contributed by atoms with van der Waals surface area (Å²) in [6.45, 7) is 7.15. The number of carbonyl (C=O) groups excluding carboxylic acids is 3. The Hall–Kier alpha value is -3.71. The van der Waals surface area contributed by atoms with Crippen LogP contribution in [-0.2, 0) is 25.5 Å². The van der Waals surface area contributed by atoms with Crippen molar-refractivity contribution >= 4 is 17.8 Å². The molecule has 3 N–H and O–H groups in total. The monoisotopic (exact) mass is 506 g/mol. The van der Waals surface area contributed by atoms with E-state index in [9.17, 15) is 19.5 Å². The number of amides is 2. The van der Waals surface area contributed by atoms with Crippen LogP contribution >= 0.6 is 0 Å². The summed E-state index contributed by atoms with van der Waals surface area (Å²) in [5.74, 6) is -1.67. The molecule has 0 spiro atoms. The lowest BCUT2D eigenvalue weighted by Gasteiger charge is -2.23. The highest BCUT2D eigenvalue weighted by Crippen LogP contribution is 2.18. The van der Waals surface area contributed by atoms with Crippen LogP contribution in [0.2, 0.25) is 0 Å². The van der Waals surface area contributed by atoms with Gasteiger partial charge in [0, 0.05) is 12.8 Å². The Kier molecular flexibility index (Phi) is 13.5. The second-order valence-electron chi connectivity index (χ2n) is 8.90. The van der Waals surface area contributed by atoms with Crippen LogP contribution in [0.1, 0.15) is 49.3 Å². The number of unbranched alkanes of at least 4 members (excludes halogenated alkanes) is 1. The maximum absolute atomic E-state index is 13.2. The fourth-order valence-corrected chi connectivity index (χ4v) is 3.89. The Bertz CT molecular complexity index is 994. The molecule has 2 aromatic rings. The number of hydrogen-bond donors (Lipinski definition) is 3. The molecule has 7 heteroatoms. The van der Waals surface area contributed by atoms with Gasteiger partial charge in [-0.25, -0.2) is 0 Å². The summed E-state index contributed by atoms with van der Waals surface area (Å²) in [6.07, 6.45) is 5.72. The Morgan fingerprint density at radius 3 is 2.24 bits per heavy atom. The topological polar surface area (TPSA) is 105 Å². The number of nitrogens with one attached hydrogen (secondary N) is 2. The summed E-state index contributed by atoms with van der Waals surface area (Å²) in [5, 5.41) is 15.5. The van der Waals surface area contributed by atoms with Crippen LogP contribution in [0, 0.1) is 5.92 Å². The van der Waals surface area contributed by atoms with Gasteiger partial charge in [-0.15, -0.1) is 13.2 Å². The zero-order valence-corrected chi connectivity index (χ0v) is 21.3. The van der Waals surface area contributed by atoms with E-state index in [1.165, 1.54) is 0 Å². The van der Waals surface area contributed by atoms with Gasteiger partial charge in [0.15, 0.2) is 0 Å². The van der Waals surface area contributed by atoms with Gasteiger partial charge in [0.2, 0.25) is 11.8 Å². The molecular weight excluding hydrogens is 468 g/mol. The Balaban J connectivity index is 2.01. The minimum absolute atomic E-state index is 0.0145. The Morgan fingerprint density at radius 1 is 0.946 bits per heavy atom. The highest BCUT2D eigenvalue weighted by molar-refractivity contribution is 5.86. The van der Waals surface area contributed by atoms with Crippen molar-refractivity contribution in [2.45, 2.75) is 50.6 Å². The van der Waals surface area contributed by atoms with Crippen LogP contribution in [0.15, 0.2) is 86.0 Å². The van der Waals surface area contributed by atoms with Gasteiger partial charge in [-0.1, -0.05) is 72.8 Å². The summed E-state index contributed by atoms with van der Waals surface area (Å²) in [5.41, 5.74) is 1.78. The Morgan fingerprint density at radius 2 is 1.62 bits per heavy atom. The van der Waals surface area contributed by atoms with E-state index in [0.29, 0.717) is 19.3 Å². The zero-order chi connectivity index (χ0) is 26.9. The third-order valence-corrected chi connectivity index (χ3v) is 5.88. The molecule has 2 amide bonds. The van der Waals surface area contributed by atoms with Gasteiger partial charge in [-0.05, 0) is 36.8 Å². The van der Waals surface area contributed by atoms with Crippen molar-refractivity contribution in [1.29, 1.82) is 0 Å². The van der Waals surface area contributed by atoms with Gasteiger partial charge in [-0.3, -0.25) is 14.4 Å². The third kappa shape index (κ3) is 11.3. The van der Waals surface area contributed by atoms with Crippen LogP contribution < -0.4 is 10.6 Å². The van der Waals surface area contributed by atoms with Crippen molar-refractivity contribution in [3.8, 4) is 0 Å². The second-order valence-corrected chi connectivity index (χ2v) is 8.90. The van der Waals surface area contributed by atoms with E-state index in [0.717, 1.165) is 17.5 Å². The summed E-state index contributed by atoms with van der Waals surface area (Å²) >= 11 is 0. The van der Waals surface area contributed by atoms with Crippen LogP contribution in [0.3, 0.4) is 0 Å². The summed E-state index contributed by atoms with van der Waals surface area (Å²) < 4.78 is 5.44. The third-order valence-electron chi connectivity index (χ3n) is 5.88. The van der Waals surface area contributed by atoms with Crippen LogP contribution in [-0.4, -0.2) is 42.1 Å². The molecule has 7 nitrogen and oxygen atoms in total. The average molecular weight is 507 g/mol. The van der Waals surface area contributed by atoms with Gasteiger partial charge in [0.25, 0.3) is 0 Å². The van der Waals surface area contributed by atoms with Crippen molar-refractivity contribution < 1.29 is 24.2 Å². The first-order chi connectivity index (χ1) is 18.0. The normalized spacial score (nSPS) is 13.0. The molecule has 0 aromatic heterocycles. The summed E-state index contributed by atoms with van der Waals surface area (Å²) in [7, 11) is 0. The zero-order valence-electron chi connectivity index (χ0n) is 21.3. The number of benzene rings is 2. The lowest BCUT2D eigenvalue weighted by molar-refractivity contribution is -0.145. The minimum atomic E-state index is -0.664. The van der Waals surface area contributed by atoms with Gasteiger partial charge >= 0.3 is 5.97 Å². The molecule has 2 aromatic carbocycles. The van der Waals surface area contributed by atoms with Crippen LogP contribution in [0.5, 0.6) is 0 Å². The average Bonchev–Trinajstić information content (AvgIpc) is 2.91. The molecule has 0 saturated carbocycles. The van der Waals surface area contributed by atoms with E-state index >= 15 is 0 Å². The van der Waals surface area contributed by atoms with Crippen LogP contribution in [0.4, 0.5) is 0 Å². The predicted octanol–water partition coefficient (Wildman–Crippen LogP) is 4.05. The number of carbonyl (C=O) groups is 3. The molecule has 3 atom stereocenters. The minimum Gasteiger partial charge on any atom is -0.463 e. The predicted molar refractivity (Wildman–Crippen MR) is 144 cm³/mol. The quantitative estimate of drug-likeness (QED) is 0.171. The molecule has 0 aliphatic heterocycles. The van der Waals surface area contributed by atoms with Crippen molar-refractivity contribution in [2.24, 2.45) is 5.92 Å². The molecule has 0 unspecified atom stereocenters. The van der Waals surface area contributed by atoms with Crippen molar-refractivity contribution in [3.05, 3.63) is 97.1 Å². The SMILES string of the molecule is C=CCCCC(=O)OC[C@@H](NC(=O)[C@H](CC=C)CC(=O)N[C@H](CO)Cc1ccccc1)c1ccccc1. The van der Waals surface area contributed by atoms with E-state index in [4.69, 9.17) is 4.74 Å². The van der Waals surface area contributed by atoms with E-state index in [-0.39, 0.29) is 43.8 Å². The molecule has 0 aliphatic carbocycles. The standard InChI is InChI=1S/C30H38N2O5/c1-3-5-8-18-29(35)37-22-27(24-16-11-7-12-17-24)32-30(36)25(13-4-2)20-28(34)31-26(21-33)19-23-14-9-6-10-15-23/h3-4,6-7,9-12,14-17,25-27,33H,1-2,5,8,13,18-22H2,(H,31,34)(H,32,36)/t25-,26+,27-/m1/s1. The molecular formula is C30H38N2O5. The molecule has 37 heavy (non-hydrogen) atoms. The highest BCUT2D eigenvalue weighted by Gasteiger charge is 2.25. The number of allylic oxidation sites excluding steroid dienone is 2. The smallest absolute Gasteiger partial charge is 0.305 e. The second kappa shape index (κ2) is 16.9. The van der Waals surface area contributed by atoms with E-state index in [2.05, 4.69) is 23.8 Å². The number of rotatable bonds is 17. The van der Waals surface area contributed by atoms with Crippen molar-refractivity contribution in [1.82, 2.24) is 10.6 Å². The molecule has 0 saturated heterocycles. The fourth-order valence-electron chi connectivity index (χ4n) is 3.89. The first-order valence-electron chi connectivity index (χ1n) is 12.6. The van der Waals surface area contributed by atoms with Crippen LogP contribution in [0.25, 0.3) is 0 Å². The van der Waals surface area contributed by atoms with Gasteiger partial charge < -0.3 is 20.5 Å². The maximum Gasteiger partial charge on any atom is 0.305 e. The van der Waals surface area contributed by atoms with E-state index < -0.39 is 18.0 Å². The number of esters is 1. The molecule has 0 bridgehead atoms. The van der Waals surface area contributed by atoms with E-state index in [1.807, 2.05) is 60.7 Å². The molecule has 198 valence electrons. The lowest BCUT2D eigenvalue weighted by atomic mass is 9.98. The number of aliphatic hydroxyl groups is 1. The first kappa shape index (κ1) is 29.5. The lowest BCUT2D eigenvalue weighted by Crippen LogP contribution is -2.42.